The third-order valence-electron chi connectivity index (χ3n) is 2.14. The van der Waals surface area contributed by atoms with E-state index in [2.05, 4.69) is 5.32 Å². The van der Waals surface area contributed by atoms with E-state index in [1.807, 2.05) is 7.05 Å². The molecule has 0 heterocycles. The minimum Gasteiger partial charge on any atom is -0.394 e. The molecule has 0 bridgehead atoms. The highest BCUT2D eigenvalue weighted by molar-refractivity contribution is 4.93. The van der Waals surface area contributed by atoms with Crippen LogP contribution in [0.4, 0.5) is 0 Å². The van der Waals surface area contributed by atoms with Gasteiger partial charge in [-0.1, -0.05) is 0 Å². The predicted octanol–water partition coefficient (Wildman–Crippen LogP) is 0.121. The first-order chi connectivity index (χ1) is 3.83. The Morgan fingerprint density at radius 2 is 2.25 bits per heavy atom. The second kappa shape index (κ2) is 2.03. The molecule has 0 aromatic carbocycles. The maximum absolute atomic E-state index is 8.77. The number of hydrogen-bond donors (Lipinski definition) is 2. The van der Waals surface area contributed by atoms with Crippen LogP contribution in [0.5, 0.6) is 0 Å². The van der Waals surface area contributed by atoms with E-state index < -0.39 is 0 Å². The number of nitrogens with one attached hydrogen (secondary N) is 1. The Balaban J connectivity index is 2.33. The molecule has 1 aliphatic carbocycles. The van der Waals surface area contributed by atoms with Crippen LogP contribution in [0.15, 0.2) is 0 Å². The maximum Gasteiger partial charge on any atom is 0.0613 e. The molecule has 0 aliphatic heterocycles. The lowest BCUT2D eigenvalue weighted by molar-refractivity contribution is 0.0967. The van der Waals surface area contributed by atoms with E-state index in [1.165, 1.54) is 6.42 Å². The topological polar surface area (TPSA) is 32.3 Å². The number of hydrogen-bond acceptors (Lipinski definition) is 2. The van der Waals surface area contributed by atoms with Gasteiger partial charge in [-0.25, -0.2) is 0 Å². The minimum absolute atomic E-state index is 0.111. The van der Waals surface area contributed by atoms with E-state index in [-0.39, 0.29) is 5.54 Å². The molecule has 2 nitrogen and oxygen atoms in total. The molecule has 0 aromatic rings. The first kappa shape index (κ1) is 6.05. The maximum atomic E-state index is 8.77. The summed E-state index contributed by atoms with van der Waals surface area (Å²) < 4.78 is 0. The van der Waals surface area contributed by atoms with Crippen LogP contribution in [-0.2, 0) is 0 Å². The van der Waals surface area contributed by atoms with Crippen molar-refractivity contribution in [2.24, 2.45) is 0 Å². The van der Waals surface area contributed by atoms with Crippen molar-refractivity contribution in [3.63, 3.8) is 0 Å². The van der Waals surface area contributed by atoms with Crippen molar-refractivity contribution in [1.29, 1.82) is 0 Å². The van der Waals surface area contributed by atoms with Gasteiger partial charge in [0.05, 0.1) is 6.61 Å². The minimum atomic E-state index is 0.111. The van der Waals surface area contributed by atoms with Gasteiger partial charge in [-0.15, -0.1) is 0 Å². The molecule has 0 saturated heterocycles. The van der Waals surface area contributed by atoms with E-state index in [0.717, 1.165) is 12.8 Å². The van der Waals surface area contributed by atoms with E-state index in [0.29, 0.717) is 6.61 Å². The van der Waals surface area contributed by atoms with Crippen LogP contribution in [-0.4, -0.2) is 24.3 Å². The fourth-order valence-electron chi connectivity index (χ4n) is 1.09. The highest BCUT2D eigenvalue weighted by Crippen LogP contribution is 2.30. The van der Waals surface area contributed by atoms with Gasteiger partial charge in [-0.2, -0.15) is 0 Å². The van der Waals surface area contributed by atoms with Gasteiger partial charge in [-0.05, 0) is 26.3 Å². The standard InChI is InChI=1S/C6H13NO/c1-7-6(5-8)3-2-4-6/h7-8H,2-5H2,1H3. The van der Waals surface area contributed by atoms with Gasteiger partial charge in [0.1, 0.15) is 0 Å². The molecule has 0 atom stereocenters. The summed E-state index contributed by atoms with van der Waals surface area (Å²) in [7, 11) is 1.91. The van der Waals surface area contributed by atoms with Crippen molar-refractivity contribution >= 4 is 0 Å². The average Bonchev–Trinajstić information content (AvgIpc) is 1.67. The Labute approximate surface area is 49.9 Å². The number of aliphatic hydroxyl groups is 1. The fraction of sp³-hybridized carbons (Fsp3) is 1.00. The van der Waals surface area contributed by atoms with Crippen LogP contribution >= 0.6 is 0 Å². The lowest BCUT2D eigenvalue weighted by atomic mass is 9.78. The first-order valence-electron chi connectivity index (χ1n) is 3.13. The average molecular weight is 115 g/mol. The Hall–Kier alpha value is -0.0800. The van der Waals surface area contributed by atoms with Gasteiger partial charge in [0, 0.05) is 5.54 Å². The van der Waals surface area contributed by atoms with Crippen LogP contribution in [0.3, 0.4) is 0 Å². The molecule has 2 N–H and O–H groups in total. The van der Waals surface area contributed by atoms with E-state index in [4.69, 9.17) is 5.11 Å². The fourth-order valence-corrected chi connectivity index (χ4v) is 1.09. The molecule has 0 radical (unpaired) electrons. The summed E-state index contributed by atoms with van der Waals surface area (Å²) in [5, 5.41) is 11.9. The summed E-state index contributed by atoms with van der Waals surface area (Å²) in [6, 6.07) is 0. The molecule has 0 aromatic heterocycles. The largest absolute Gasteiger partial charge is 0.394 e. The van der Waals surface area contributed by atoms with Crippen LogP contribution in [0.2, 0.25) is 0 Å². The summed E-state index contributed by atoms with van der Waals surface area (Å²) >= 11 is 0. The van der Waals surface area contributed by atoms with Crippen LogP contribution in [0.1, 0.15) is 19.3 Å². The van der Waals surface area contributed by atoms with Gasteiger partial charge in [0.2, 0.25) is 0 Å². The number of likely N-dealkylation sites (N-methyl/N-ethyl adjacent to an activating group) is 1. The summed E-state index contributed by atoms with van der Waals surface area (Å²) in [4.78, 5) is 0. The summed E-state index contributed by atoms with van der Waals surface area (Å²) in [5.74, 6) is 0. The lowest BCUT2D eigenvalue weighted by Gasteiger charge is -2.39. The Morgan fingerprint density at radius 1 is 1.62 bits per heavy atom. The van der Waals surface area contributed by atoms with Gasteiger partial charge < -0.3 is 10.4 Å². The molecule has 1 saturated carbocycles. The highest BCUT2D eigenvalue weighted by atomic mass is 16.3. The van der Waals surface area contributed by atoms with Crippen molar-refractivity contribution in [2.45, 2.75) is 24.8 Å². The van der Waals surface area contributed by atoms with Crippen molar-refractivity contribution in [3.05, 3.63) is 0 Å². The third-order valence-corrected chi connectivity index (χ3v) is 2.14. The molecular weight excluding hydrogens is 102 g/mol. The summed E-state index contributed by atoms with van der Waals surface area (Å²) in [5.41, 5.74) is 0.111. The zero-order valence-corrected chi connectivity index (χ0v) is 5.28. The Kier molecular flexibility index (Phi) is 1.54. The van der Waals surface area contributed by atoms with E-state index >= 15 is 0 Å². The Morgan fingerprint density at radius 3 is 2.25 bits per heavy atom. The normalized spacial score (nSPS) is 24.8. The first-order valence-corrected chi connectivity index (χ1v) is 3.13. The lowest BCUT2D eigenvalue weighted by Crippen LogP contribution is -2.52. The van der Waals surface area contributed by atoms with Gasteiger partial charge >= 0.3 is 0 Å². The summed E-state index contributed by atoms with van der Waals surface area (Å²) in [6.07, 6.45) is 3.54. The van der Waals surface area contributed by atoms with Crippen LogP contribution < -0.4 is 5.32 Å². The Bertz CT molecular complexity index is 65.1. The van der Waals surface area contributed by atoms with Gasteiger partial charge in [0.15, 0.2) is 0 Å². The predicted molar refractivity (Wildman–Crippen MR) is 32.7 cm³/mol. The molecular formula is C6H13NO. The van der Waals surface area contributed by atoms with Crippen LogP contribution in [0, 0.1) is 0 Å². The van der Waals surface area contributed by atoms with E-state index in [9.17, 15) is 0 Å². The molecule has 1 fully saturated rings. The second-order valence-electron chi connectivity index (χ2n) is 2.54. The molecule has 1 rings (SSSR count). The van der Waals surface area contributed by atoms with E-state index in [1.54, 1.807) is 0 Å². The van der Waals surface area contributed by atoms with Crippen LogP contribution in [0.25, 0.3) is 0 Å². The SMILES string of the molecule is CNC1(CO)CCC1. The molecule has 1 aliphatic rings. The smallest absolute Gasteiger partial charge is 0.0613 e. The van der Waals surface area contributed by atoms with Crippen molar-refractivity contribution in [3.8, 4) is 0 Å². The molecule has 0 amide bonds. The zero-order valence-electron chi connectivity index (χ0n) is 5.28. The molecule has 8 heavy (non-hydrogen) atoms. The molecule has 48 valence electrons. The monoisotopic (exact) mass is 115 g/mol. The summed E-state index contributed by atoms with van der Waals surface area (Å²) in [6.45, 7) is 0.295. The quantitative estimate of drug-likeness (QED) is 0.536. The highest BCUT2D eigenvalue weighted by Gasteiger charge is 2.33. The molecule has 2 heteroatoms. The van der Waals surface area contributed by atoms with Gasteiger partial charge in [-0.3, -0.25) is 0 Å². The second-order valence-corrected chi connectivity index (χ2v) is 2.54. The van der Waals surface area contributed by atoms with Crippen molar-refractivity contribution in [1.82, 2.24) is 5.32 Å². The number of aliphatic hydroxyl groups excluding tert-OH is 1. The molecule has 0 spiro atoms. The molecule has 0 unspecified atom stereocenters. The third kappa shape index (κ3) is 0.740. The van der Waals surface area contributed by atoms with Crippen molar-refractivity contribution < 1.29 is 5.11 Å². The number of rotatable bonds is 2. The van der Waals surface area contributed by atoms with Crippen molar-refractivity contribution in [2.75, 3.05) is 13.7 Å². The van der Waals surface area contributed by atoms with Gasteiger partial charge in [0.25, 0.3) is 0 Å². The zero-order chi connectivity index (χ0) is 6.04.